The molecule has 0 atom stereocenters. The van der Waals surface area contributed by atoms with Crippen molar-refractivity contribution in [2.75, 3.05) is 5.32 Å². The smallest absolute Gasteiger partial charge is 0.337 e. The molecule has 0 aromatic heterocycles. The van der Waals surface area contributed by atoms with E-state index in [2.05, 4.69) is 21.2 Å². The Labute approximate surface area is 128 Å². The van der Waals surface area contributed by atoms with Crippen molar-refractivity contribution in [2.24, 2.45) is 0 Å². The van der Waals surface area contributed by atoms with Crippen LogP contribution in [0.4, 0.5) is 5.69 Å². The van der Waals surface area contributed by atoms with Crippen LogP contribution in [0.25, 0.3) is 0 Å². The van der Waals surface area contributed by atoms with Crippen molar-refractivity contribution < 1.29 is 14.7 Å². The molecule has 0 fully saturated rings. The molecule has 0 heterocycles. The van der Waals surface area contributed by atoms with E-state index in [4.69, 9.17) is 16.7 Å². The first-order valence-corrected chi connectivity index (χ1v) is 6.74. The van der Waals surface area contributed by atoms with E-state index in [0.29, 0.717) is 15.1 Å². The number of hydrogen-bond donors (Lipinski definition) is 2. The van der Waals surface area contributed by atoms with Gasteiger partial charge < -0.3 is 10.4 Å². The van der Waals surface area contributed by atoms with Crippen molar-refractivity contribution in [3.63, 3.8) is 0 Å². The van der Waals surface area contributed by atoms with Crippen LogP contribution >= 0.6 is 27.5 Å². The van der Waals surface area contributed by atoms with Crippen molar-refractivity contribution >= 4 is 45.1 Å². The molecule has 0 saturated carbocycles. The third-order valence-corrected chi connectivity index (χ3v) is 3.28. The Morgan fingerprint density at radius 2 is 1.90 bits per heavy atom. The van der Waals surface area contributed by atoms with Gasteiger partial charge in [-0.15, -0.1) is 0 Å². The fraction of sp³-hybridized carbons (Fsp3) is 0. The van der Waals surface area contributed by atoms with Gasteiger partial charge in [-0.25, -0.2) is 4.79 Å². The first kappa shape index (κ1) is 14.6. The number of anilines is 1. The normalized spacial score (nSPS) is 10.1. The minimum absolute atomic E-state index is 0.0172. The average Bonchev–Trinajstić information content (AvgIpc) is 2.38. The number of amides is 1. The van der Waals surface area contributed by atoms with E-state index in [9.17, 15) is 9.59 Å². The highest BCUT2D eigenvalue weighted by molar-refractivity contribution is 9.10. The van der Waals surface area contributed by atoms with Gasteiger partial charge in [-0.3, -0.25) is 4.79 Å². The predicted octanol–water partition coefficient (Wildman–Crippen LogP) is 4.05. The molecule has 2 aromatic carbocycles. The highest BCUT2D eigenvalue weighted by atomic mass is 79.9. The summed E-state index contributed by atoms with van der Waals surface area (Å²) in [5.41, 5.74) is 0.592. The topological polar surface area (TPSA) is 66.4 Å². The van der Waals surface area contributed by atoms with E-state index in [1.54, 1.807) is 24.3 Å². The molecular weight excluding hydrogens is 346 g/mol. The SMILES string of the molecule is O=C(Nc1cc(Br)ccc1C(=O)O)c1cccc(Cl)c1. The Morgan fingerprint density at radius 3 is 2.55 bits per heavy atom. The number of carboxylic acid groups (broad SMARTS) is 1. The predicted molar refractivity (Wildman–Crippen MR) is 80.5 cm³/mol. The highest BCUT2D eigenvalue weighted by Crippen LogP contribution is 2.22. The summed E-state index contributed by atoms with van der Waals surface area (Å²) in [5, 5.41) is 12.1. The fourth-order valence-corrected chi connectivity index (χ4v) is 2.18. The lowest BCUT2D eigenvalue weighted by molar-refractivity contribution is 0.0698. The molecule has 0 aliphatic rings. The van der Waals surface area contributed by atoms with Gasteiger partial charge >= 0.3 is 5.97 Å². The van der Waals surface area contributed by atoms with Gasteiger partial charge in [-0.2, -0.15) is 0 Å². The maximum atomic E-state index is 12.1. The van der Waals surface area contributed by atoms with Crippen molar-refractivity contribution in [1.29, 1.82) is 0 Å². The molecule has 0 spiro atoms. The number of halogens is 2. The molecule has 4 nitrogen and oxygen atoms in total. The number of benzene rings is 2. The summed E-state index contributed by atoms with van der Waals surface area (Å²) in [6, 6.07) is 11.0. The van der Waals surface area contributed by atoms with Gasteiger partial charge in [-0.05, 0) is 36.4 Å². The second-order valence-corrected chi connectivity index (χ2v) is 5.31. The van der Waals surface area contributed by atoms with E-state index in [1.165, 1.54) is 18.2 Å². The van der Waals surface area contributed by atoms with Crippen LogP contribution in [0.2, 0.25) is 5.02 Å². The lowest BCUT2D eigenvalue weighted by Gasteiger charge is -2.09. The van der Waals surface area contributed by atoms with Crippen LogP contribution in [0.5, 0.6) is 0 Å². The Hall–Kier alpha value is -1.85. The number of carbonyl (C=O) groups excluding carboxylic acids is 1. The number of carbonyl (C=O) groups is 2. The molecule has 0 bridgehead atoms. The summed E-state index contributed by atoms with van der Waals surface area (Å²) in [4.78, 5) is 23.2. The maximum absolute atomic E-state index is 12.1. The first-order chi connectivity index (χ1) is 9.47. The van der Waals surface area contributed by atoms with Crippen molar-refractivity contribution in [1.82, 2.24) is 0 Å². The summed E-state index contributed by atoms with van der Waals surface area (Å²) < 4.78 is 0.670. The largest absolute Gasteiger partial charge is 0.478 e. The average molecular weight is 355 g/mol. The molecule has 0 radical (unpaired) electrons. The minimum Gasteiger partial charge on any atom is -0.478 e. The second kappa shape index (κ2) is 6.07. The summed E-state index contributed by atoms with van der Waals surface area (Å²) in [6.45, 7) is 0. The van der Waals surface area contributed by atoms with Gasteiger partial charge in [0.25, 0.3) is 5.91 Å². The monoisotopic (exact) mass is 353 g/mol. The van der Waals surface area contributed by atoms with Crippen LogP contribution in [-0.4, -0.2) is 17.0 Å². The third kappa shape index (κ3) is 3.37. The molecule has 2 aromatic rings. The summed E-state index contributed by atoms with van der Waals surface area (Å²) in [5.74, 6) is -1.54. The molecule has 0 unspecified atom stereocenters. The van der Waals surface area contributed by atoms with Gasteiger partial charge in [0.05, 0.1) is 11.3 Å². The molecule has 20 heavy (non-hydrogen) atoms. The maximum Gasteiger partial charge on any atom is 0.337 e. The van der Waals surface area contributed by atoms with Crippen molar-refractivity contribution in [3.05, 3.63) is 63.1 Å². The van der Waals surface area contributed by atoms with Crippen molar-refractivity contribution in [3.8, 4) is 0 Å². The van der Waals surface area contributed by atoms with E-state index in [0.717, 1.165) is 0 Å². The Balaban J connectivity index is 2.32. The van der Waals surface area contributed by atoms with E-state index >= 15 is 0 Å². The molecule has 1 amide bonds. The zero-order valence-electron chi connectivity index (χ0n) is 10.1. The molecule has 0 aliphatic carbocycles. The Kier molecular flexibility index (Phi) is 4.42. The standard InChI is InChI=1S/C14H9BrClNO3/c15-9-4-5-11(14(19)20)12(7-9)17-13(18)8-2-1-3-10(16)6-8/h1-7H,(H,17,18)(H,19,20). The molecular formula is C14H9BrClNO3. The number of carboxylic acids is 1. The van der Waals surface area contributed by atoms with E-state index in [-0.39, 0.29) is 11.3 Å². The van der Waals surface area contributed by atoms with Crippen LogP contribution in [0.3, 0.4) is 0 Å². The number of nitrogens with one attached hydrogen (secondary N) is 1. The molecule has 2 N–H and O–H groups in total. The van der Waals surface area contributed by atoms with Crippen LogP contribution in [0.1, 0.15) is 20.7 Å². The van der Waals surface area contributed by atoms with Crippen molar-refractivity contribution in [2.45, 2.75) is 0 Å². The highest BCUT2D eigenvalue weighted by Gasteiger charge is 2.14. The van der Waals surface area contributed by atoms with E-state index < -0.39 is 11.9 Å². The number of hydrogen-bond acceptors (Lipinski definition) is 2. The minimum atomic E-state index is -1.11. The first-order valence-electron chi connectivity index (χ1n) is 5.57. The molecule has 0 saturated heterocycles. The number of aromatic carboxylic acids is 1. The van der Waals surface area contributed by atoms with Gasteiger partial charge in [0, 0.05) is 15.1 Å². The lowest BCUT2D eigenvalue weighted by atomic mass is 10.1. The van der Waals surface area contributed by atoms with Gasteiger partial charge in [-0.1, -0.05) is 33.6 Å². The van der Waals surface area contributed by atoms with Crippen LogP contribution in [0.15, 0.2) is 46.9 Å². The van der Waals surface area contributed by atoms with Crippen LogP contribution < -0.4 is 5.32 Å². The Bertz CT molecular complexity index is 688. The summed E-state index contributed by atoms with van der Waals surface area (Å²) >= 11 is 9.06. The zero-order valence-corrected chi connectivity index (χ0v) is 12.4. The quantitative estimate of drug-likeness (QED) is 0.874. The van der Waals surface area contributed by atoms with Gasteiger partial charge in [0.15, 0.2) is 0 Å². The zero-order chi connectivity index (χ0) is 14.7. The van der Waals surface area contributed by atoms with Gasteiger partial charge in [0.1, 0.15) is 0 Å². The van der Waals surface area contributed by atoms with Gasteiger partial charge in [0.2, 0.25) is 0 Å². The molecule has 0 aliphatic heterocycles. The molecule has 102 valence electrons. The summed E-state index contributed by atoms with van der Waals surface area (Å²) in [6.07, 6.45) is 0. The molecule has 2 rings (SSSR count). The number of rotatable bonds is 3. The summed E-state index contributed by atoms with van der Waals surface area (Å²) in [7, 11) is 0. The van der Waals surface area contributed by atoms with E-state index in [1.807, 2.05) is 0 Å². The lowest BCUT2D eigenvalue weighted by Crippen LogP contribution is -2.14. The third-order valence-electron chi connectivity index (χ3n) is 2.55. The molecule has 6 heteroatoms. The fourth-order valence-electron chi connectivity index (χ4n) is 1.63. The van der Waals surface area contributed by atoms with Crippen LogP contribution in [0, 0.1) is 0 Å². The van der Waals surface area contributed by atoms with Crippen LogP contribution in [-0.2, 0) is 0 Å². The Morgan fingerprint density at radius 1 is 1.15 bits per heavy atom. The second-order valence-electron chi connectivity index (χ2n) is 3.96.